The second-order valence-electron chi connectivity index (χ2n) is 11.1. The number of likely N-dealkylation sites (tertiary alicyclic amines) is 1. The predicted octanol–water partition coefficient (Wildman–Crippen LogP) is 3.12. The van der Waals surface area contributed by atoms with Crippen LogP contribution in [0.4, 0.5) is 0 Å². The summed E-state index contributed by atoms with van der Waals surface area (Å²) in [5.74, 6) is -0.163. The van der Waals surface area contributed by atoms with Gasteiger partial charge in [-0.1, -0.05) is 49.4 Å². The molecule has 2 heterocycles. The molecule has 10 nitrogen and oxygen atoms in total. The molecule has 0 saturated carbocycles. The number of rotatable bonds is 13. The second-order valence-corrected chi connectivity index (χ2v) is 11.1. The molecular weight excluding hydrogens is 546 g/mol. The van der Waals surface area contributed by atoms with E-state index < -0.39 is 23.4 Å². The Morgan fingerprint density at radius 1 is 0.977 bits per heavy atom. The number of piperidine rings is 1. The average molecular weight is 588 g/mol. The van der Waals surface area contributed by atoms with Crippen LogP contribution in [0.3, 0.4) is 0 Å². The van der Waals surface area contributed by atoms with Crippen LogP contribution < -0.4 is 15.4 Å². The van der Waals surface area contributed by atoms with E-state index in [4.69, 9.17) is 4.74 Å². The number of hydrogen-bond acceptors (Lipinski definition) is 6. The van der Waals surface area contributed by atoms with E-state index in [1.165, 1.54) is 13.3 Å². The van der Waals surface area contributed by atoms with E-state index in [9.17, 15) is 19.2 Å². The second kappa shape index (κ2) is 14.6. The standard InChI is InChI=1S/C33H41N5O5/c1-4-8-30(40)33(25-9-6-5-7-10-25)15-17-38(18-16-33)32(42)29(19-24-11-13-27(43-3)14-12-24)37-31(41)28(36-23(2)39)20-26-21-34-22-35-26/h5-7,9-14,21-22,28-29H,4,8,15-20H2,1-3H3,(H,34,35)(H,36,39)(H,37,41)/t28-,29+/m0/s1. The van der Waals surface area contributed by atoms with Crippen molar-refractivity contribution in [3.8, 4) is 5.75 Å². The van der Waals surface area contributed by atoms with Crippen molar-refractivity contribution in [2.45, 2.75) is 69.9 Å². The minimum Gasteiger partial charge on any atom is -0.497 e. The highest BCUT2D eigenvalue weighted by molar-refractivity contribution is 5.93. The Hall–Kier alpha value is -4.47. The third-order valence-electron chi connectivity index (χ3n) is 8.15. The number of carbonyl (C=O) groups excluding carboxylic acids is 4. The van der Waals surface area contributed by atoms with Gasteiger partial charge < -0.3 is 25.3 Å². The number of ketones is 1. The van der Waals surface area contributed by atoms with Gasteiger partial charge in [-0.15, -0.1) is 0 Å². The maximum absolute atomic E-state index is 14.1. The Bertz CT molecular complexity index is 1370. The van der Waals surface area contributed by atoms with Crippen LogP contribution in [0.25, 0.3) is 0 Å². The first kappa shape index (κ1) is 31.5. The van der Waals surface area contributed by atoms with Gasteiger partial charge in [0.25, 0.3) is 0 Å². The molecule has 0 bridgehead atoms. The van der Waals surface area contributed by atoms with E-state index in [1.807, 2.05) is 61.5 Å². The van der Waals surface area contributed by atoms with Gasteiger partial charge in [0.1, 0.15) is 23.6 Å². The molecule has 1 fully saturated rings. The highest BCUT2D eigenvalue weighted by Gasteiger charge is 2.43. The number of hydrogen-bond donors (Lipinski definition) is 3. The van der Waals surface area contributed by atoms with Crippen molar-refractivity contribution in [1.82, 2.24) is 25.5 Å². The quantitative estimate of drug-likeness (QED) is 0.282. The normalized spacial score (nSPS) is 15.7. The van der Waals surface area contributed by atoms with Crippen LogP contribution in [0.15, 0.2) is 67.1 Å². The van der Waals surface area contributed by atoms with Gasteiger partial charge in [-0.05, 0) is 42.5 Å². The molecule has 0 unspecified atom stereocenters. The highest BCUT2D eigenvalue weighted by atomic mass is 16.5. The number of aromatic amines is 1. The maximum Gasteiger partial charge on any atom is 0.245 e. The molecule has 1 aliphatic heterocycles. The molecule has 2 aromatic carbocycles. The molecular formula is C33H41N5O5. The molecule has 3 amide bonds. The summed E-state index contributed by atoms with van der Waals surface area (Å²) in [4.78, 5) is 61.7. The van der Waals surface area contributed by atoms with E-state index >= 15 is 0 Å². The Balaban J connectivity index is 1.55. The molecule has 3 N–H and O–H groups in total. The van der Waals surface area contributed by atoms with Crippen molar-refractivity contribution in [1.29, 1.82) is 0 Å². The van der Waals surface area contributed by atoms with Crippen molar-refractivity contribution in [3.05, 3.63) is 83.9 Å². The van der Waals surface area contributed by atoms with Gasteiger partial charge in [0, 0.05) is 51.2 Å². The third kappa shape index (κ3) is 7.88. The first-order chi connectivity index (χ1) is 20.8. The Kier molecular flexibility index (Phi) is 10.7. The fourth-order valence-corrected chi connectivity index (χ4v) is 5.82. The number of benzene rings is 2. The van der Waals surface area contributed by atoms with Crippen molar-refractivity contribution in [2.24, 2.45) is 0 Å². The van der Waals surface area contributed by atoms with E-state index in [1.54, 1.807) is 18.2 Å². The topological polar surface area (TPSA) is 133 Å². The van der Waals surface area contributed by atoms with Crippen LogP contribution in [0.5, 0.6) is 5.75 Å². The van der Waals surface area contributed by atoms with Crippen LogP contribution in [-0.4, -0.2) is 70.7 Å². The van der Waals surface area contributed by atoms with Gasteiger partial charge in [-0.2, -0.15) is 0 Å². The molecule has 2 atom stereocenters. The Morgan fingerprint density at radius 3 is 2.26 bits per heavy atom. The molecule has 10 heteroatoms. The minimum atomic E-state index is -0.900. The molecule has 0 radical (unpaired) electrons. The summed E-state index contributed by atoms with van der Waals surface area (Å²) < 4.78 is 5.27. The summed E-state index contributed by atoms with van der Waals surface area (Å²) in [6, 6.07) is 15.4. The lowest BCUT2D eigenvalue weighted by Gasteiger charge is -2.42. The number of amides is 3. The number of nitrogens with one attached hydrogen (secondary N) is 3. The van der Waals surface area contributed by atoms with Crippen LogP contribution in [0, 0.1) is 0 Å². The predicted molar refractivity (Wildman–Crippen MR) is 162 cm³/mol. The number of H-pyrrole nitrogens is 1. The summed E-state index contributed by atoms with van der Waals surface area (Å²) in [7, 11) is 1.58. The molecule has 0 aliphatic carbocycles. The largest absolute Gasteiger partial charge is 0.497 e. The maximum atomic E-state index is 14.1. The van der Waals surface area contributed by atoms with Crippen molar-refractivity contribution in [3.63, 3.8) is 0 Å². The molecule has 1 saturated heterocycles. The van der Waals surface area contributed by atoms with Crippen molar-refractivity contribution >= 4 is 23.5 Å². The van der Waals surface area contributed by atoms with Gasteiger partial charge in [-0.3, -0.25) is 19.2 Å². The van der Waals surface area contributed by atoms with E-state index in [2.05, 4.69) is 20.6 Å². The molecule has 0 spiro atoms. The number of ether oxygens (including phenoxy) is 1. The zero-order valence-corrected chi connectivity index (χ0v) is 25.1. The minimum absolute atomic E-state index is 0.192. The molecule has 1 aromatic heterocycles. The van der Waals surface area contributed by atoms with E-state index in [-0.39, 0.29) is 30.4 Å². The third-order valence-corrected chi connectivity index (χ3v) is 8.15. The van der Waals surface area contributed by atoms with Crippen LogP contribution in [0.2, 0.25) is 0 Å². The van der Waals surface area contributed by atoms with Crippen LogP contribution in [-0.2, 0) is 37.4 Å². The monoisotopic (exact) mass is 587 g/mol. The smallest absolute Gasteiger partial charge is 0.245 e. The Labute approximate surface area is 252 Å². The van der Waals surface area contributed by atoms with Gasteiger partial charge in [0.15, 0.2) is 0 Å². The average Bonchev–Trinajstić information content (AvgIpc) is 3.54. The number of carbonyl (C=O) groups is 4. The number of methoxy groups -OCH3 is 1. The fourth-order valence-electron chi connectivity index (χ4n) is 5.82. The van der Waals surface area contributed by atoms with Crippen molar-refractivity contribution < 1.29 is 23.9 Å². The van der Waals surface area contributed by atoms with E-state index in [0.29, 0.717) is 43.8 Å². The molecule has 228 valence electrons. The molecule has 1 aliphatic rings. The molecule has 4 rings (SSSR count). The molecule has 43 heavy (non-hydrogen) atoms. The summed E-state index contributed by atoms with van der Waals surface area (Å²) in [6.45, 7) is 4.13. The zero-order valence-electron chi connectivity index (χ0n) is 25.1. The number of Topliss-reactive ketones (excluding diaryl/α,β-unsaturated/α-hetero) is 1. The first-order valence-corrected chi connectivity index (χ1v) is 14.8. The van der Waals surface area contributed by atoms with Gasteiger partial charge in [0.05, 0.1) is 18.9 Å². The van der Waals surface area contributed by atoms with Gasteiger partial charge >= 0.3 is 0 Å². The summed E-state index contributed by atoms with van der Waals surface area (Å²) in [5.41, 5.74) is 1.87. The Morgan fingerprint density at radius 2 is 1.67 bits per heavy atom. The lowest BCUT2D eigenvalue weighted by molar-refractivity contribution is -0.140. The van der Waals surface area contributed by atoms with Gasteiger partial charge in [0.2, 0.25) is 17.7 Å². The van der Waals surface area contributed by atoms with E-state index in [0.717, 1.165) is 17.5 Å². The van der Waals surface area contributed by atoms with Crippen LogP contribution in [0.1, 0.15) is 56.4 Å². The summed E-state index contributed by atoms with van der Waals surface area (Å²) in [5, 5.41) is 5.62. The number of nitrogens with zero attached hydrogens (tertiary/aromatic N) is 2. The summed E-state index contributed by atoms with van der Waals surface area (Å²) in [6.07, 6.45) is 5.82. The number of aromatic nitrogens is 2. The SMILES string of the molecule is CCCC(=O)C1(c2ccccc2)CCN(C(=O)[C@@H](Cc2ccc(OC)cc2)NC(=O)[C@H](Cc2cnc[nH]2)NC(C)=O)CC1. The van der Waals surface area contributed by atoms with Gasteiger partial charge in [-0.25, -0.2) is 4.98 Å². The fraction of sp³-hybridized carbons (Fsp3) is 0.424. The highest BCUT2D eigenvalue weighted by Crippen LogP contribution is 2.38. The lowest BCUT2D eigenvalue weighted by Crippen LogP contribution is -2.57. The van der Waals surface area contributed by atoms with Crippen LogP contribution >= 0.6 is 0 Å². The zero-order chi connectivity index (χ0) is 30.8. The van der Waals surface area contributed by atoms with Crippen molar-refractivity contribution in [2.75, 3.05) is 20.2 Å². The summed E-state index contributed by atoms with van der Waals surface area (Å²) >= 11 is 0. The first-order valence-electron chi connectivity index (χ1n) is 14.8. The lowest BCUT2D eigenvalue weighted by atomic mass is 9.68. The molecule has 3 aromatic rings. The number of imidazole rings is 1.